The van der Waals surface area contributed by atoms with Crippen LogP contribution < -0.4 is 11.1 Å². The number of nitrogens with zero attached hydrogens (tertiary/aromatic N) is 6. The molecular weight excluding hydrogens is 510 g/mol. The number of halogens is 2. The Balaban J connectivity index is 1.90. The van der Waals surface area contributed by atoms with Crippen LogP contribution in [0.2, 0.25) is 0 Å². The van der Waals surface area contributed by atoms with Crippen molar-refractivity contribution >= 4 is 44.9 Å². The van der Waals surface area contributed by atoms with Gasteiger partial charge in [0.15, 0.2) is 0 Å². The number of thiophene rings is 1. The molecule has 15 heteroatoms. The summed E-state index contributed by atoms with van der Waals surface area (Å²) >= 11 is 0.779. The van der Waals surface area contributed by atoms with Gasteiger partial charge in [-0.3, -0.25) is 14.3 Å². The van der Waals surface area contributed by atoms with E-state index in [4.69, 9.17) is 5.73 Å². The van der Waals surface area contributed by atoms with E-state index in [-0.39, 0.29) is 20.8 Å². The molecule has 4 heterocycles. The van der Waals surface area contributed by atoms with Gasteiger partial charge in [-0.2, -0.15) is 9.78 Å². The largest absolute Gasteiger partial charge is 0.390 e. The number of nitro groups is 1. The summed E-state index contributed by atoms with van der Waals surface area (Å²) in [6, 6.07) is 1.40. The minimum absolute atomic E-state index is 0.00984. The maximum Gasteiger partial charge on any atom is 0.390 e. The van der Waals surface area contributed by atoms with Crippen LogP contribution in [0.25, 0.3) is 21.3 Å². The van der Waals surface area contributed by atoms with Gasteiger partial charge in [-0.1, -0.05) is 0 Å². The summed E-state index contributed by atoms with van der Waals surface area (Å²) in [4.78, 5) is 40.0. The Morgan fingerprint density at radius 1 is 1.27 bits per heavy atom. The lowest BCUT2D eigenvalue weighted by Gasteiger charge is -2.14. The normalized spacial score (nSPS) is 12.3. The van der Waals surface area contributed by atoms with Crippen LogP contribution in [0, 0.1) is 24.0 Å². The quantitative estimate of drug-likeness (QED) is 0.254. The van der Waals surface area contributed by atoms with Crippen molar-refractivity contribution in [2.45, 2.75) is 46.7 Å². The number of fused-ring (bicyclic) bond motifs is 1. The van der Waals surface area contributed by atoms with Crippen LogP contribution in [-0.2, 0) is 11.3 Å². The molecule has 0 bridgehead atoms. The number of nitrogens with two attached hydrogens (primary N) is 1. The summed E-state index contributed by atoms with van der Waals surface area (Å²) in [7, 11) is 0. The van der Waals surface area contributed by atoms with Crippen molar-refractivity contribution in [2.24, 2.45) is 5.73 Å². The number of primary amides is 1. The van der Waals surface area contributed by atoms with Gasteiger partial charge < -0.3 is 21.2 Å². The Morgan fingerprint density at radius 2 is 1.97 bits per heavy atom. The first kappa shape index (κ1) is 25.8. The van der Waals surface area contributed by atoms with Crippen molar-refractivity contribution < 1.29 is 23.3 Å². The van der Waals surface area contributed by atoms with Gasteiger partial charge >= 0.3 is 5.82 Å². The molecule has 0 radical (unpaired) electrons. The molecule has 3 N–H and O–H groups in total. The molecule has 4 aromatic heterocycles. The molecule has 0 spiro atoms. The topological polar surface area (TPSA) is 164 Å². The van der Waals surface area contributed by atoms with E-state index in [1.807, 2.05) is 6.92 Å². The summed E-state index contributed by atoms with van der Waals surface area (Å²) in [5.74, 6) is -1.97. The molecule has 0 aliphatic carbocycles. The van der Waals surface area contributed by atoms with E-state index in [0.717, 1.165) is 11.3 Å². The first-order valence-electron chi connectivity index (χ1n) is 11.0. The molecule has 37 heavy (non-hydrogen) atoms. The maximum absolute atomic E-state index is 13.7. The number of pyridine rings is 1. The van der Waals surface area contributed by atoms with Gasteiger partial charge in [-0.25, -0.2) is 13.8 Å². The van der Waals surface area contributed by atoms with Gasteiger partial charge in [0, 0.05) is 23.2 Å². The van der Waals surface area contributed by atoms with Crippen molar-refractivity contribution in [2.75, 3.05) is 5.32 Å². The lowest BCUT2D eigenvalue weighted by molar-refractivity contribution is -0.389. The molecule has 4 aromatic rings. The predicted molar refractivity (Wildman–Crippen MR) is 132 cm³/mol. The zero-order chi connectivity index (χ0) is 27.2. The summed E-state index contributed by atoms with van der Waals surface area (Å²) in [6.07, 6.45) is -1.37. The number of anilines is 1. The molecule has 1 atom stereocenters. The number of aryl methyl sites for hydroxylation is 2. The smallest absolute Gasteiger partial charge is 0.365 e. The standard InChI is InChI=1S/C22H22F2N8O4S/c1-5-30-10(3)13(8-26-30)12-7-14(19(23)24)27-22-16(12)17(18(37-22)20(25)33)28-21(34)11(4)31-9(2)6-15(29-31)32(35)36/h6-8,11,19H,5H2,1-4H3,(H2,25,33)(H,28,34). The lowest BCUT2D eigenvalue weighted by atomic mass is 10.0. The highest BCUT2D eigenvalue weighted by molar-refractivity contribution is 7.21. The van der Waals surface area contributed by atoms with Gasteiger partial charge in [-0.05, 0) is 44.2 Å². The number of carbonyl (C=O) groups is 2. The number of aromatic nitrogens is 5. The fourth-order valence-corrected chi connectivity index (χ4v) is 5.07. The van der Waals surface area contributed by atoms with Crippen LogP contribution in [-0.4, -0.2) is 41.3 Å². The Labute approximate surface area is 212 Å². The number of hydrogen-bond donors (Lipinski definition) is 2. The molecular formula is C22H22F2N8O4S. The number of carbonyl (C=O) groups excluding carboxylic acids is 2. The predicted octanol–water partition coefficient (Wildman–Crippen LogP) is 4.14. The highest BCUT2D eigenvalue weighted by Crippen LogP contribution is 2.43. The maximum atomic E-state index is 13.7. The number of amides is 2. The molecule has 0 saturated carbocycles. The Bertz CT molecular complexity index is 1560. The second kappa shape index (κ2) is 9.65. The van der Waals surface area contributed by atoms with Crippen molar-refractivity contribution in [3.05, 3.63) is 50.4 Å². The third-order valence-corrected chi connectivity index (χ3v) is 7.01. The molecule has 2 amide bonds. The van der Waals surface area contributed by atoms with E-state index in [1.165, 1.54) is 29.9 Å². The zero-order valence-electron chi connectivity index (χ0n) is 20.2. The van der Waals surface area contributed by atoms with Crippen LogP contribution in [0.4, 0.5) is 20.3 Å². The molecule has 194 valence electrons. The summed E-state index contributed by atoms with van der Waals surface area (Å²) in [5.41, 5.74) is 6.96. The first-order chi connectivity index (χ1) is 17.4. The van der Waals surface area contributed by atoms with E-state index in [0.29, 0.717) is 29.1 Å². The van der Waals surface area contributed by atoms with Crippen molar-refractivity contribution in [3.63, 3.8) is 0 Å². The Morgan fingerprint density at radius 3 is 2.51 bits per heavy atom. The van der Waals surface area contributed by atoms with E-state index in [1.54, 1.807) is 18.5 Å². The Hall–Kier alpha value is -4.27. The molecule has 0 fully saturated rings. The monoisotopic (exact) mass is 532 g/mol. The molecule has 1 unspecified atom stereocenters. The zero-order valence-corrected chi connectivity index (χ0v) is 21.0. The summed E-state index contributed by atoms with van der Waals surface area (Å²) in [6.45, 7) is 7.21. The van der Waals surface area contributed by atoms with Crippen molar-refractivity contribution in [1.29, 1.82) is 0 Å². The van der Waals surface area contributed by atoms with Gasteiger partial charge in [0.2, 0.25) is 0 Å². The Kier molecular flexibility index (Phi) is 6.73. The van der Waals surface area contributed by atoms with Crippen LogP contribution in [0.1, 0.15) is 53.1 Å². The van der Waals surface area contributed by atoms with Crippen molar-refractivity contribution in [1.82, 2.24) is 24.5 Å². The fraction of sp³-hybridized carbons (Fsp3) is 0.318. The van der Waals surface area contributed by atoms with Crippen LogP contribution in [0.5, 0.6) is 0 Å². The van der Waals surface area contributed by atoms with Gasteiger partial charge in [0.05, 0.1) is 28.7 Å². The van der Waals surface area contributed by atoms with Crippen molar-refractivity contribution in [3.8, 4) is 11.1 Å². The number of alkyl halides is 2. The van der Waals surface area contributed by atoms with E-state index < -0.39 is 40.7 Å². The van der Waals surface area contributed by atoms with Gasteiger partial charge in [0.1, 0.15) is 21.4 Å². The highest BCUT2D eigenvalue weighted by atomic mass is 32.1. The third kappa shape index (κ3) is 4.52. The van der Waals surface area contributed by atoms with Crippen LogP contribution in [0.15, 0.2) is 18.3 Å². The van der Waals surface area contributed by atoms with E-state index in [2.05, 4.69) is 20.5 Å². The highest BCUT2D eigenvalue weighted by Gasteiger charge is 2.29. The molecule has 12 nitrogen and oxygen atoms in total. The average Bonchev–Trinajstić information content (AvgIpc) is 3.52. The minimum Gasteiger partial charge on any atom is -0.365 e. The van der Waals surface area contributed by atoms with Gasteiger partial charge in [0.25, 0.3) is 18.2 Å². The minimum atomic E-state index is -2.89. The third-order valence-electron chi connectivity index (χ3n) is 5.91. The van der Waals surface area contributed by atoms with E-state index >= 15 is 0 Å². The second-order valence-electron chi connectivity index (χ2n) is 8.22. The number of rotatable bonds is 8. The lowest BCUT2D eigenvalue weighted by Crippen LogP contribution is -2.26. The first-order valence-corrected chi connectivity index (χ1v) is 11.9. The number of hydrogen-bond acceptors (Lipinski definition) is 8. The van der Waals surface area contributed by atoms with Gasteiger partial charge in [-0.15, -0.1) is 11.3 Å². The van der Waals surface area contributed by atoms with Crippen LogP contribution >= 0.6 is 11.3 Å². The fourth-order valence-electron chi connectivity index (χ4n) is 4.06. The molecule has 0 saturated heterocycles. The summed E-state index contributed by atoms with van der Waals surface area (Å²) < 4.78 is 30.3. The van der Waals surface area contributed by atoms with Crippen LogP contribution in [0.3, 0.4) is 0 Å². The molecule has 0 aliphatic rings. The SMILES string of the molecule is CCn1ncc(-c2cc(C(F)F)nc3sc(C(N)=O)c(NC(=O)C(C)n4nc([N+](=O)[O-])cc4C)c23)c1C. The average molecular weight is 533 g/mol. The molecule has 0 aromatic carbocycles. The molecule has 0 aliphatic heterocycles. The summed E-state index contributed by atoms with van der Waals surface area (Å²) in [5, 5.41) is 22.2. The second-order valence-corrected chi connectivity index (χ2v) is 9.22. The van der Waals surface area contributed by atoms with E-state index in [9.17, 15) is 28.5 Å². The molecule has 4 rings (SSSR count). The number of nitrogens with one attached hydrogen (secondary N) is 1.